The van der Waals surface area contributed by atoms with E-state index in [2.05, 4.69) is 10.5 Å². The number of carbonyl (C=O) groups excluding carboxylic acids is 1. The van der Waals surface area contributed by atoms with Gasteiger partial charge in [-0.25, -0.2) is 0 Å². The number of halogens is 2. The fourth-order valence-corrected chi connectivity index (χ4v) is 3.48. The highest BCUT2D eigenvalue weighted by Crippen LogP contribution is 2.40. The quantitative estimate of drug-likeness (QED) is 0.238. The Morgan fingerprint density at radius 3 is 2.29 bits per heavy atom. The molecule has 0 fully saturated rings. The van der Waals surface area contributed by atoms with E-state index in [-0.39, 0.29) is 33.8 Å². The van der Waals surface area contributed by atoms with Crippen LogP contribution in [0.2, 0.25) is 10.0 Å². The summed E-state index contributed by atoms with van der Waals surface area (Å²) in [5.74, 6) is 0.467. The molecule has 11 heteroatoms. The second-order valence-corrected chi connectivity index (χ2v) is 7.53. The van der Waals surface area contributed by atoms with E-state index in [0.717, 1.165) is 0 Å². The first-order valence-corrected chi connectivity index (χ1v) is 10.5. The minimum Gasteiger partial charge on any atom is -0.489 e. The molecule has 0 aliphatic carbocycles. The minimum atomic E-state index is -0.507. The molecule has 9 nitrogen and oxygen atoms in total. The topological polar surface area (TPSA) is 112 Å². The number of ether oxygens (including phenoxy) is 2. The second kappa shape index (κ2) is 11.4. The van der Waals surface area contributed by atoms with Crippen LogP contribution >= 0.6 is 23.2 Å². The van der Waals surface area contributed by atoms with E-state index in [0.29, 0.717) is 22.6 Å². The zero-order valence-electron chi connectivity index (χ0n) is 18.1. The Kier molecular flexibility index (Phi) is 8.29. The molecule has 3 aromatic rings. The molecule has 176 valence electrons. The number of oxime groups is 1. The van der Waals surface area contributed by atoms with Gasteiger partial charge in [-0.1, -0.05) is 52.6 Å². The molecule has 34 heavy (non-hydrogen) atoms. The van der Waals surface area contributed by atoms with Crippen LogP contribution in [0, 0.1) is 10.1 Å². The Hall–Kier alpha value is -3.82. The summed E-state index contributed by atoms with van der Waals surface area (Å²) in [6, 6.07) is 15.7. The zero-order chi connectivity index (χ0) is 24.7. The molecule has 0 radical (unpaired) electrons. The van der Waals surface area contributed by atoms with Crippen molar-refractivity contribution in [2.75, 3.05) is 14.2 Å². The van der Waals surface area contributed by atoms with Crippen molar-refractivity contribution in [3.05, 3.63) is 92.0 Å². The van der Waals surface area contributed by atoms with Gasteiger partial charge >= 0.3 is 0 Å². The standard InChI is InChI=1S/C23H19Cl2N3O6/c1-26-23(29)21(27-32-2)18-6-4-3-5-14(18)13-33-17-11-19(24)22(20(25)12-17)34-16-9-7-15(8-10-16)28(30)31/h3-12H,13H2,1-2H3,(H,26,29). The number of nitrogens with one attached hydrogen (secondary N) is 1. The van der Waals surface area contributed by atoms with Crippen molar-refractivity contribution in [2.45, 2.75) is 6.61 Å². The summed E-state index contributed by atoms with van der Waals surface area (Å²) < 4.78 is 11.5. The molecular formula is C23H19Cl2N3O6. The Morgan fingerprint density at radius 2 is 1.71 bits per heavy atom. The fourth-order valence-electron chi connectivity index (χ4n) is 2.93. The zero-order valence-corrected chi connectivity index (χ0v) is 19.6. The van der Waals surface area contributed by atoms with Crippen molar-refractivity contribution in [2.24, 2.45) is 5.16 Å². The molecule has 0 unspecified atom stereocenters. The van der Waals surface area contributed by atoms with Gasteiger partial charge in [0.15, 0.2) is 11.5 Å². The van der Waals surface area contributed by atoms with Crippen molar-refractivity contribution in [1.82, 2.24) is 5.32 Å². The van der Waals surface area contributed by atoms with Gasteiger partial charge in [0.25, 0.3) is 11.6 Å². The first-order chi connectivity index (χ1) is 16.3. The number of amides is 1. The molecular weight excluding hydrogens is 485 g/mol. The van der Waals surface area contributed by atoms with Crippen LogP contribution < -0.4 is 14.8 Å². The number of likely N-dealkylation sites (N-methyl/N-ethyl adjacent to an activating group) is 1. The molecule has 0 aromatic heterocycles. The van der Waals surface area contributed by atoms with Gasteiger partial charge in [0.2, 0.25) is 0 Å². The van der Waals surface area contributed by atoms with Crippen LogP contribution in [0.15, 0.2) is 65.8 Å². The summed E-state index contributed by atoms with van der Waals surface area (Å²) in [5.41, 5.74) is 1.26. The van der Waals surface area contributed by atoms with Crippen LogP contribution in [0.25, 0.3) is 0 Å². The molecule has 0 atom stereocenters. The average molecular weight is 504 g/mol. The molecule has 1 N–H and O–H groups in total. The van der Waals surface area contributed by atoms with E-state index in [1.807, 2.05) is 0 Å². The number of nitro groups is 1. The van der Waals surface area contributed by atoms with E-state index in [1.54, 1.807) is 24.3 Å². The van der Waals surface area contributed by atoms with Crippen molar-refractivity contribution in [1.29, 1.82) is 0 Å². The monoisotopic (exact) mass is 503 g/mol. The molecule has 0 bridgehead atoms. The number of hydrogen-bond donors (Lipinski definition) is 1. The van der Waals surface area contributed by atoms with Gasteiger partial charge in [-0.3, -0.25) is 14.9 Å². The molecule has 0 saturated heterocycles. The number of rotatable bonds is 9. The second-order valence-electron chi connectivity index (χ2n) is 6.72. The molecule has 0 saturated carbocycles. The van der Waals surface area contributed by atoms with E-state index in [4.69, 9.17) is 37.5 Å². The molecule has 1 amide bonds. The van der Waals surface area contributed by atoms with E-state index < -0.39 is 10.8 Å². The Labute approximate surface area is 205 Å². The molecule has 3 aromatic carbocycles. The number of benzene rings is 3. The maximum absolute atomic E-state index is 12.2. The van der Waals surface area contributed by atoms with E-state index in [9.17, 15) is 14.9 Å². The van der Waals surface area contributed by atoms with Crippen LogP contribution in [-0.2, 0) is 16.2 Å². The summed E-state index contributed by atoms with van der Waals surface area (Å²) in [5, 5.41) is 17.5. The minimum absolute atomic E-state index is 0.0660. The van der Waals surface area contributed by atoms with E-state index in [1.165, 1.54) is 50.6 Å². The van der Waals surface area contributed by atoms with Crippen LogP contribution in [0.5, 0.6) is 17.2 Å². The third-order valence-electron chi connectivity index (χ3n) is 4.53. The Morgan fingerprint density at radius 1 is 1.06 bits per heavy atom. The highest BCUT2D eigenvalue weighted by molar-refractivity contribution is 6.45. The van der Waals surface area contributed by atoms with Gasteiger partial charge in [0.1, 0.15) is 25.2 Å². The SMILES string of the molecule is CNC(=O)C(=NOC)c1ccccc1COc1cc(Cl)c(Oc2ccc([N+](=O)[O-])cc2)c(Cl)c1. The van der Waals surface area contributed by atoms with Crippen LogP contribution in [0.1, 0.15) is 11.1 Å². The Balaban J connectivity index is 1.79. The van der Waals surface area contributed by atoms with Crippen molar-refractivity contribution in [3.63, 3.8) is 0 Å². The highest BCUT2D eigenvalue weighted by atomic mass is 35.5. The first kappa shape index (κ1) is 24.8. The van der Waals surface area contributed by atoms with Gasteiger partial charge in [-0.15, -0.1) is 0 Å². The molecule has 0 heterocycles. The number of nitrogens with zero attached hydrogens (tertiary/aromatic N) is 2. The summed E-state index contributed by atoms with van der Waals surface area (Å²) in [6.45, 7) is 0.0884. The lowest BCUT2D eigenvalue weighted by molar-refractivity contribution is -0.384. The fraction of sp³-hybridized carbons (Fsp3) is 0.130. The normalized spacial score (nSPS) is 11.0. The van der Waals surface area contributed by atoms with Gasteiger partial charge in [-0.2, -0.15) is 0 Å². The summed E-state index contributed by atoms with van der Waals surface area (Å²) in [6.07, 6.45) is 0. The summed E-state index contributed by atoms with van der Waals surface area (Å²) >= 11 is 12.7. The van der Waals surface area contributed by atoms with Gasteiger partial charge in [0.05, 0.1) is 15.0 Å². The van der Waals surface area contributed by atoms with Crippen molar-refractivity contribution in [3.8, 4) is 17.2 Å². The Bertz CT molecular complexity index is 1210. The lowest BCUT2D eigenvalue weighted by atomic mass is 10.0. The van der Waals surface area contributed by atoms with Gasteiger partial charge in [0, 0.05) is 36.9 Å². The number of carbonyl (C=O) groups is 1. The molecule has 0 aliphatic heterocycles. The third kappa shape index (κ3) is 5.94. The smallest absolute Gasteiger partial charge is 0.273 e. The van der Waals surface area contributed by atoms with Crippen molar-refractivity contribution >= 4 is 40.5 Å². The average Bonchev–Trinajstić information content (AvgIpc) is 2.83. The van der Waals surface area contributed by atoms with Crippen molar-refractivity contribution < 1.29 is 24.0 Å². The predicted molar refractivity (Wildman–Crippen MR) is 128 cm³/mol. The van der Waals surface area contributed by atoms with Gasteiger partial charge in [-0.05, 0) is 17.7 Å². The summed E-state index contributed by atoms with van der Waals surface area (Å²) in [7, 11) is 2.85. The molecule has 0 spiro atoms. The maximum atomic E-state index is 12.2. The molecule has 3 rings (SSSR count). The maximum Gasteiger partial charge on any atom is 0.273 e. The largest absolute Gasteiger partial charge is 0.489 e. The lowest BCUT2D eigenvalue weighted by Crippen LogP contribution is -2.29. The van der Waals surface area contributed by atoms with Gasteiger partial charge < -0.3 is 19.6 Å². The van der Waals surface area contributed by atoms with Crippen LogP contribution in [0.4, 0.5) is 5.69 Å². The number of hydrogen-bond acceptors (Lipinski definition) is 7. The number of nitro benzene ring substituents is 1. The first-order valence-electron chi connectivity index (χ1n) is 9.79. The van der Waals surface area contributed by atoms with Crippen LogP contribution in [-0.4, -0.2) is 30.7 Å². The molecule has 0 aliphatic rings. The number of non-ortho nitro benzene ring substituents is 1. The van der Waals surface area contributed by atoms with Crippen LogP contribution in [0.3, 0.4) is 0 Å². The summed E-state index contributed by atoms with van der Waals surface area (Å²) in [4.78, 5) is 27.3. The lowest BCUT2D eigenvalue weighted by Gasteiger charge is -2.14. The highest BCUT2D eigenvalue weighted by Gasteiger charge is 2.18. The predicted octanol–water partition coefficient (Wildman–Crippen LogP) is 5.37. The van der Waals surface area contributed by atoms with E-state index >= 15 is 0 Å². The third-order valence-corrected chi connectivity index (χ3v) is 5.09.